The smallest absolute Gasteiger partial charge is 0.308 e. The van der Waals surface area contributed by atoms with Crippen molar-refractivity contribution in [3.63, 3.8) is 0 Å². The van der Waals surface area contributed by atoms with E-state index in [4.69, 9.17) is 0 Å². The van der Waals surface area contributed by atoms with Gasteiger partial charge in [-0.3, -0.25) is 9.59 Å². The van der Waals surface area contributed by atoms with E-state index < -0.39 is 48.0 Å². The van der Waals surface area contributed by atoms with E-state index in [1.807, 2.05) is 18.4 Å². The first-order valence-electron chi connectivity index (χ1n) is 14.9. The molecule has 0 amide bonds. The Morgan fingerprint density at radius 2 is 1.04 bits per heavy atom. The summed E-state index contributed by atoms with van der Waals surface area (Å²) in [6, 6.07) is 11.4. The summed E-state index contributed by atoms with van der Waals surface area (Å²) in [7, 11) is 2.41. The molecule has 3 rings (SSSR count). The van der Waals surface area contributed by atoms with E-state index >= 15 is 0 Å². The normalized spacial score (nSPS) is 14.5. The first-order valence-corrected chi connectivity index (χ1v) is 14.9. The topological polar surface area (TPSA) is 138 Å². The lowest BCUT2D eigenvalue weighted by molar-refractivity contribution is -0.144. The largest absolute Gasteiger partial charge is 0.469 e. The van der Waals surface area contributed by atoms with Crippen LogP contribution in [0.2, 0.25) is 0 Å². The van der Waals surface area contributed by atoms with Gasteiger partial charge in [0, 0.05) is 41.4 Å². The van der Waals surface area contributed by atoms with Crippen molar-refractivity contribution >= 4 is 24.1 Å². The Kier molecular flexibility index (Phi) is 13.4. The molecule has 46 heavy (non-hydrogen) atoms. The molecule has 0 bridgehead atoms. The maximum atomic E-state index is 14.1. The van der Waals surface area contributed by atoms with Crippen molar-refractivity contribution < 1.29 is 48.3 Å². The highest BCUT2D eigenvalue weighted by Crippen LogP contribution is 2.43. The van der Waals surface area contributed by atoms with E-state index in [-0.39, 0.29) is 31.7 Å². The SMILES string of the molecule is COC(=O)CC(O)CC(O)/C=C/c1c(-c2ccc(F)cc2)c(-c2ccc(F)cc2)c(/C=C/C(O)CC(O)CC(=O)OC)n1C(C)C. The number of benzene rings is 2. The minimum atomic E-state index is -1.15. The Hall–Kier alpha value is -4.16. The van der Waals surface area contributed by atoms with Gasteiger partial charge in [-0.1, -0.05) is 36.4 Å². The number of methoxy groups -OCH3 is 2. The molecule has 2 aromatic carbocycles. The number of aromatic nitrogens is 1. The van der Waals surface area contributed by atoms with E-state index in [0.29, 0.717) is 33.6 Å². The Morgan fingerprint density at radius 3 is 1.35 bits per heavy atom. The van der Waals surface area contributed by atoms with E-state index in [1.165, 1.54) is 50.6 Å². The second kappa shape index (κ2) is 17.0. The van der Waals surface area contributed by atoms with E-state index in [0.717, 1.165) is 0 Å². The second-order valence-electron chi connectivity index (χ2n) is 11.2. The summed E-state index contributed by atoms with van der Waals surface area (Å²) in [5.74, 6) is -2.12. The Morgan fingerprint density at radius 1 is 0.696 bits per heavy atom. The predicted octanol–water partition coefficient (Wildman–Crippen LogP) is 5.06. The molecule has 4 atom stereocenters. The van der Waals surface area contributed by atoms with Crippen molar-refractivity contribution in [3.8, 4) is 22.3 Å². The van der Waals surface area contributed by atoms with Crippen molar-refractivity contribution in [2.75, 3.05) is 14.2 Å². The Labute approximate surface area is 267 Å². The summed E-state index contributed by atoms with van der Waals surface area (Å²) in [5, 5.41) is 42.0. The number of carbonyl (C=O) groups is 2. The third-order valence-corrected chi connectivity index (χ3v) is 7.30. The first-order chi connectivity index (χ1) is 21.8. The summed E-state index contributed by atoms with van der Waals surface area (Å²) < 4.78 is 39.2. The molecule has 0 fully saturated rings. The van der Waals surface area contributed by atoms with Gasteiger partial charge in [-0.05, 0) is 61.4 Å². The maximum absolute atomic E-state index is 14.1. The van der Waals surface area contributed by atoms with Crippen LogP contribution < -0.4 is 0 Å². The molecule has 9 nitrogen and oxygen atoms in total. The Bertz CT molecular complexity index is 1400. The highest BCUT2D eigenvalue weighted by Gasteiger charge is 2.25. The lowest BCUT2D eigenvalue weighted by atomic mass is 9.94. The zero-order valence-corrected chi connectivity index (χ0v) is 26.3. The van der Waals surface area contributed by atoms with Crippen LogP contribution in [-0.2, 0) is 19.1 Å². The summed E-state index contributed by atoms with van der Waals surface area (Å²) in [6.07, 6.45) is 0.818. The molecule has 1 heterocycles. The van der Waals surface area contributed by atoms with Crippen molar-refractivity contribution in [2.24, 2.45) is 0 Å². The minimum Gasteiger partial charge on any atom is -0.469 e. The van der Waals surface area contributed by atoms with Gasteiger partial charge < -0.3 is 34.5 Å². The van der Waals surface area contributed by atoms with Crippen LogP contribution >= 0.6 is 0 Å². The molecule has 11 heteroatoms. The van der Waals surface area contributed by atoms with Crippen LogP contribution in [0.5, 0.6) is 0 Å². The lowest BCUT2D eigenvalue weighted by Gasteiger charge is -2.17. The lowest BCUT2D eigenvalue weighted by Crippen LogP contribution is -2.20. The molecule has 4 unspecified atom stereocenters. The summed E-state index contributed by atoms with van der Waals surface area (Å²) in [5.41, 5.74) is 3.65. The fourth-order valence-electron chi connectivity index (χ4n) is 5.17. The minimum absolute atomic E-state index is 0.141. The van der Waals surface area contributed by atoms with Crippen molar-refractivity contribution in [1.82, 2.24) is 4.57 Å². The average Bonchev–Trinajstić information content (AvgIpc) is 3.33. The van der Waals surface area contributed by atoms with Gasteiger partial charge in [-0.15, -0.1) is 0 Å². The van der Waals surface area contributed by atoms with Crippen LogP contribution in [0, 0.1) is 11.6 Å². The molecule has 4 N–H and O–H groups in total. The van der Waals surface area contributed by atoms with Crippen LogP contribution in [0.15, 0.2) is 60.7 Å². The van der Waals surface area contributed by atoms with Crippen LogP contribution in [0.1, 0.15) is 57.0 Å². The highest BCUT2D eigenvalue weighted by atomic mass is 19.1. The number of esters is 2. The molecule has 0 radical (unpaired) electrons. The number of aliphatic hydroxyl groups is 4. The number of halogens is 2. The molecular weight excluding hydrogens is 600 g/mol. The first kappa shape index (κ1) is 36.3. The number of ether oxygens (including phenoxy) is 2. The third kappa shape index (κ3) is 9.92. The van der Waals surface area contributed by atoms with Gasteiger partial charge in [0.25, 0.3) is 0 Å². The Balaban J connectivity index is 2.22. The van der Waals surface area contributed by atoms with E-state index in [9.17, 15) is 38.8 Å². The average molecular weight is 642 g/mol. The fourth-order valence-corrected chi connectivity index (χ4v) is 5.17. The third-order valence-electron chi connectivity index (χ3n) is 7.30. The quantitative estimate of drug-likeness (QED) is 0.169. The number of hydrogen-bond donors (Lipinski definition) is 4. The molecule has 0 aliphatic rings. The van der Waals surface area contributed by atoms with Crippen LogP contribution in [0.3, 0.4) is 0 Å². The molecule has 0 aliphatic carbocycles. The van der Waals surface area contributed by atoms with E-state index in [1.54, 1.807) is 36.4 Å². The van der Waals surface area contributed by atoms with Gasteiger partial charge in [-0.2, -0.15) is 0 Å². The number of rotatable bonds is 15. The van der Waals surface area contributed by atoms with Crippen molar-refractivity contribution in [3.05, 3.63) is 83.7 Å². The van der Waals surface area contributed by atoms with Crippen molar-refractivity contribution in [2.45, 2.75) is 70.0 Å². The standard InChI is InChI=1S/C35H41F2NO8/c1-21(2)38-30(15-13-26(39)17-28(41)19-32(43)45-3)34(22-5-9-24(36)10-6-22)35(23-7-11-25(37)12-8-23)31(38)16-14-27(40)18-29(42)20-33(44)46-4/h5-16,21,26-29,39-42H,17-20H2,1-4H3/b15-13+,16-14+. The summed E-state index contributed by atoms with van der Waals surface area (Å²) in [4.78, 5) is 23.1. The van der Waals surface area contributed by atoms with Gasteiger partial charge in [0.1, 0.15) is 11.6 Å². The van der Waals surface area contributed by atoms with Crippen LogP contribution in [0.25, 0.3) is 34.4 Å². The predicted molar refractivity (Wildman–Crippen MR) is 170 cm³/mol. The number of nitrogens with zero attached hydrogens (tertiary/aromatic N) is 1. The van der Waals surface area contributed by atoms with Gasteiger partial charge in [0.15, 0.2) is 0 Å². The second-order valence-corrected chi connectivity index (χ2v) is 11.2. The summed E-state index contributed by atoms with van der Waals surface area (Å²) >= 11 is 0. The molecular formula is C35H41F2NO8. The molecule has 0 aliphatic heterocycles. The molecule has 0 saturated carbocycles. The van der Waals surface area contributed by atoms with Gasteiger partial charge in [-0.25, -0.2) is 8.78 Å². The highest BCUT2D eigenvalue weighted by molar-refractivity contribution is 5.94. The maximum Gasteiger partial charge on any atom is 0.308 e. The zero-order chi connectivity index (χ0) is 34.0. The number of aliphatic hydroxyl groups excluding tert-OH is 4. The number of hydrogen-bond acceptors (Lipinski definition) is 8. The number of carbonyl (C=O) groups excluding carboxylic acids is 2. The molecule has 1 aromatic heterocycles. The van der Waals surface area contributed by atoms with Gasteiger partial charge >= 0.3 is 11.9 Å². The molecule has 0 spiro atoms. The van der Waals surface area contributed by atoms with Gasteiger partial charge in [0.2, 0.25) is 0 Å². The molecule has 248 valence electrons. The molecule has 0 saturated heterocycles. The summed E-state index contributed by atoms with van der Waals surface area (Å²) in [6.45, 7) is 3.84. The zero-order valence-electron chi connectivity index (χ0n) is 26.3. The van der Waals surface area contributed by atoms with Crippen LogP contribution in [-0.4, -0.2) is 75.6 Å². The fraction of sp³-hybridized carbons (Fsp3) is 0.371. The van der Waals surface area contributed by atoms with Gasteiger partial charge in [0.05, 0.1) is 51.5 Å². The van der Waals surface area contributed by atoms with Crippen LogP contribution in [0.4, 0.5) is 8.78 Å². The molecule has 3 aromatic rings. The monoisotopic (exact) mass is 641 g/mol. The van der Waals surface area contributed by atoms with Crippen molar-refractivity contribution in [1.29, 1.82) is 0 Å². The van der Waals surface area contributed by atoms with E-state index in [2.05, 4.69) is 9.47 Å².